The molecule has 2 N–H and O–H groups in total. The summed E-state index contributed by atoms with van der Waals surface area (Å²) in [6, 6.07) is -0.324. The van der Waals surface area contributed by atoms with E-state index < -0.39 is 10.0 Å². The Bertz CT molecular complexity index is 441. The highest BCUT2D eigenvalue weighted by molar-refractivity contribution is 7.89. The normalized spacial score (nSPS) is 16.0. The van der Waals surface area contributed by atoms with Crippen molar-refractivity contribution in [2.24, 2.45) is 13.0 Å². The third-order valence-electron chi connectivity index (χ3n) is 2.47. The fourth-order valence-electron chi connectivity index (χ4n) is 1.12. The minimum Gasteiger partial charge on any atom is -0.396 e. The smallest absolute Gasteiger partial charge is 0.243 e. The number of sulfonamides is 1. The number of aryl methyl sites for hydroxylation is 1. The molecule has 7 heteroatoms. The first-order chi connectivity index (χ1) is 7.36. The SMILES string of the molecule is CC(CO)C(C)NS(=O)(=O)c1cnn(C)c1. The molecule has 92 valence electrons. The molecule has 0 saturated heterocycles. The largest absolute Gasteiger partial charge is 0.396 e. The van der Waals surface area contributed by atoms with E-state index in [0.29, 0.717) is 0 Å². The van der Waals surface area contributed by atoms with E-state index in [4.69, 9.17) is 5.11 Å². The molecule has 0 bridgehead atoms. The van der Waals surface area contributed by atoms with Crippen LogP contribution in [0, 0.1) is 5.92 Å². The van der Waals surface area contributed by atoms with Gasteiger partial charge in [-0.25, -0.2) is 13.1 Å². The summed E-state index contributed by atoms with van der Waals surface area (Å²) in [4.78, 5) is 0.131. The molecule has 0 amide bonds. The van der Waals surface area contributed by atoms with E-state index in [1.165, 1.54) is 17.1 Å². The Balaban J connectivity index is 2.80. The van der Waals surface area contributed by atoms with Gasteiger partial charge in [-0.3, -0.25) is 4.68 Å². The van der Waals surface area contributed by atoms with E-state index in [-0.39, 0.29) is 23.5 Å². The highest BCUT2D eigenvalue weighted by atomic mass is 32.2. The maximum Gasteiger partial charge on any atom is 0.243 e. The summed E-state index contributed by atoms with van der Waals surface area (Å²) in [7, 11) is -1.89. The summed E-state index contributed by atoms with van der Waals surface area (Å²) >= 11 is 0. The first-order valence-corrected chi connectivity index (χ1v) is 6.47. The summed E-state index contributed by atoms with van der Waals surface area (Å²) in [6.07, 6.45) is 2.72. The van der Waals surface area contributed by atoms with Crippen molar-refractivity contribution in [2.45, 2.75) is 24.8 Å². The summed E-state index contributed by atoms with van der Waals surface area (Å²) in [5.74, 6) is -0.133. The lowest BCUT2D eigenvalue weighted by Gasteiger charge is -2.18. The van der Waals surface area contributed by atoms with Crippen molar-refractivity contribution >= 4 is 10.0 Å². The molecule has 1 aromatic rings. The molecule has 0 aliphatic carbocycles. The Morgan fingerprint density at radius 2 is 2.19 bits per heavy atom. The number of aliphatic hydroxyl groups excluding tert-OH is 1. The van der Waals surface area contributed by atoms with Crippen LogP contribution in [0.25, 0.3) is 0 Å². The Morgan fingerprint density at radius 3 is 2.62 bits per heavy atom. The molecule has 2 unspecified atom stereocenters. The number of aliphatic hydroxyl groups is 1. The Hall–Kier alpha value is -0.920. The lowest BCUT2D eigenvalue weighted by Crippen LogP contribution is -2.38. The number of rotatable bonds is 5. The van der Waals surface area contributed by atoms with Crippen LogP contribution in [0.15, 0.2) is 17.3 Å². The lowest BCUT2D eigenvalue weighted by molar-refractivity contribution is 0.216. The molecule has 6 nitrogen and oxygen atoms in total. The molecule has 0 radical (unpaired) electrons. The van der Waals surface area contributed by atoms with Crippen molar-refractivity contribution in [3.63, 3.8) is 0 Å². The highest BCUT2D eigenvalue weighted by Gasteiger charge is 2.21. The number of aromatic nitrogens is 2. The van der Waals surface area contributed by atoms with E-state index in [2.05, 4.69) is 9.82 Å². The van der Waals surface area contributed by atoms with Gasteiger partial charge < -0.3 is 5.11 Å². The van der Waals surface area contributed by atoms with Gasteiger partial charge in [0.25, 0.3) is 0 Å². The van der Waals surface area contributed by atoms with E-state index in [9.17, 15) is 8.42 Å². The van der Waals surface area contributed by atoms with Gasteiger partial charge in [0.2, 0.25) is 10.0 Å². The Kier molecular flexibility index (Phi) is 4.06. The summed E-state index contributed by atoms with van der Waals surface area (Å²) in [5, 5.41) is 12.7. The van der Waals surface area contributed by atoms with Gasteiger partial charge in [-0.15, -0.1) is 0 Å². The number of hydrogen-bond acceptors (Lipinski definition) is 4. The van der Waals surface area contributed by atoms with Gasteiger partial charge in [0.05, 0.1) is 6.20 Å². The van der Waals surface area contributed by atoms with Crippen LogP contribution < -0.4 is 4.72 Å². The molecule has 0 saturated carbocycles. The fourth-order valence-corrected chi connectivity index (χ4v) is 2.46. The minimum atomic E-state index is -3.54. The molecule has 0 spiro atoms. The van der Waals surface area contributed by atoms with Crippen LogP contribution in [0.1, 0.15) is 13.8 Å². The van der Waals surface area contributed by atoms with Crippen molar-refractivity contribution in [1.82, 2.24) is 14.5 Å². The summed E-state index contributed by atoms with van der Waals surface area (Å²) in [5.41, 5.74) is 0. The average molecular weight is 247 g/mol. The predicted octanol–water partition coefficient (Wildman–Crippen LogP) is -0.285. The van der Waals surface area contributed by atoms with Crippen LogP contribution in [-0.2, 0) is 17.1 Å². The van der Waals surface area contributed by atoms with Crippen molar-refractivity contribution in [3.8, 4) is 0 Å². The quantitative estimate of drug-likeness (QED) is 0.749. The second kappa shape index (κ2) is 4.94. The maximum atomic E-state index is 11.8. The van der Waals surface area contributed by atoms with E-state index in [1.807, 2.05) is 0 Å². The Morgan fingerprint density at radius 1 is 1.56 bits per heavy atom. The average Bonchev–Trinajstić information content (AvgIpc) is 2.63. The topological polar surface area (TPSA) is 84.2 Å². The molecule has 0 aromatic carbocycles. The molecular formula is C9H17N3O3S. The van der Waals surface area contributed by atoms with Crippen LogP contribution in [0.4, 0.5) is 0 Å². The van der Waals surface area contributed by atoms with E-state index in [1.54, 1.807) is 20.9 Å². The van der Waals surface area contributed by atoms with E-state index >= 15 is 0 Å². The van der Waals surface area contributed by atoms with Gasteiger partial charge >= 0.3 is 0 Å². The van der Waals surface area contributed by atoms with Crippen LogP contribution in [0.2, 0.25) is 0 Å². The molecule has 0 aliphatic rings. The molecule has 0 aliphatic heterocycles. The van der Waals surface area contributed by atoms with Crippen LogP contribution in [0.5, 0.6) is 0 Å². The minimum absolute atomic E-state index is 0.0588. The van der Waals surface area contributed by atoms with Crippen molar-refractivity contribution in [2.75, 3.05) is 6.61 Å². The molecule has 1 aromatic heterocycles. The zero-order valence-corrected chi connectivity index (χ0v) is 10.4. The lowest BCUT2D eigenvalue weighted by atomic mass is 10.1. The van der Waals surface area contributed by atoms with Gasteiger partial charge in [-0.05, 0) is 12.8 Å². The van der Waals surface area contributed by atoms with Gasteiger partial charge in [-0.2, -0.15) is 5.10 Å². The summed E-state index contributed by atoms with van der Waals surface area (Å²) < 4.78 is 27.6. The molecule has 0 fully saturated rings. The van der Waals surface area contributed by atoms with Gasteiger partial charge in [0.1, 0.15) is 4.90 Å². The van der Waals surface area contributed by atoms with Crippen LogP contribution in [0.3, 0.4) is 0 Å². The van der Waals surface area contributed by atoms with Crippen LogP contribution in [-0.4, -0.2) is 36.0 Å². The molecule has 1 rings (SSSR count). The summed E-state index contributed by atoms with van der Waals surface area (Å²) in [6.45, 7) is 3.43. The number of nitrogens with zero attached hydrogens (tertiary/aromatic N) is 2. The van der Waals surface area contributed by atoms with Crippen molar-refractivity contribution < 1.29 is 13.5 Å². The third-order valence-corrected chi connectivity index (χ3v) is 3.99. The molecule has 1 heterocycles. The van der Waals surface area contributed by atoms with Crippen LogP contribution >= 0.6 is 0 Å². The third kappa shape index (κ3) is 3.03. The monoisotopic (exact) mass is 247 g/mol. The highest BCUT2D eigenvalue weighted by Crippen LogP contribution is 2.10. The molecular weight excluding hydrogens is 230 g/mol. The second-order valence-corrected chi connectivity index (χ2v) is 5.63. The van der Waals surface area contributed by atoms with E-state index in [0.717, 1.165) is 0 Å². The van der Waals surface area contributed by atoms with Gasteiger partial charge in [0, 0.05) is 25.9 Å². The number of nitrogens with one attached hydrogen (secondary N) is 1. The van der Waals surface area contributed by atoms with Crippen molar-refractivity contribution in [1.29, 1.82) is 0 Å². The fraction of sp³-hybridized carbons (Fsp3) is 0.667. The first kappa shape index (κ1) is 13.1. The predicted molar refractivity (Wildman–Crippen MR) is 59.2 cm³/mol. The first-order valence-electron chi connectivity index (χ1n) is 4.98. The van der Waals surface area contributed by atoms with Crippen molar-refractivity contribution in [3.05, 3.63) is 12.4 Å². The zero-order valence-electron chi connectivity index (χ0n) is 9.58. The van der Waals surface area contributed by atoms with Gasteiger partial charge in [-0.1, -0.05) is 6.92 Å². The van der Waals surface area contributed by atoms with Gasteiger partial charge in [0.15, 0.2) is 0 Å². The molecule has 16 heavy (non-hydrogen) atoms. The standard InChI is InChI=1S/C9H17N3O3S/c1-7(6-13)8(2)11-16(14,15)9-4-10-12(3)5-9/h4-5,7-8,11,13H,6H2,1-3H3. The maximum absolute atomic E-state index is 11.8. The zero-order chi connectivity index (χ0) is 12.3. The number of hydrogen-bond donors (Lipinski definition) is 2. The molecule has 2 atom stereocenters. The Labute approximate surface area is 95.3 Å². The second-order valence-electron chi connectivity index (χ2n) is 3.92.